The average molecular weight is 325 g/mol. The van der Waals surface area contributed by atoms with Gasteiger partial charge in [0.05, 0.1) is 5.69 Å². The maximum Gasteiger partial charge on any atom is 0.356 e. The molecule has 0 saturated carbocycles. The Kier molecular flexibility index (Phi) is 4.34. The molecule has 0 spiro atoms. The van der Waals surface area contributed by atoms with E-state index in [0.717, 1.165) is 10.2 Å². The van der Waals surface area contributed by atoms with Crippen molar-refractivity contribution in [2.75, 3.05) is 6.61 Å². The topological polar surface area (TPSA) is 75.3 Å². The lowest BCUT2D eigenvalue weighted by Gasteiger charge is -2.02. The maximum atomic E-state index is 11.2. The second-order valence-corrected chi connectivity index (χ2v) is 4.89. The van der Waals surface area contributed by atoms with E-state index >= 15 is 0 Å². The third-order valence-electron chi connectivity index (χ3n) is 2.70. The average Bonchev–Trinajstić information content (AvgIpc) is 2.81. The predicted octanol–water partition coefficient (Wildman–Crippen LogP) is 2.26. The molecular formula is C13H13BrN2O3. The fourth-order valence-corrected chi connectivity index (χ4v) is 2.27. The molecule has 0 unspecified atom stereocenters. The second kappa shape index (κ2) is 5.99. The van der Waals surface area contributed by atoms with Gasteiger partial charge in [-0.25, -0.2) is 9.48 Å². The largest absolute Gasteiger partial charge is 0.476 e. The van der Waals surface area contributed by atoms with Gasteiger partial charge in [0, 0.05) is 22.8 Å². The highest BCUT2D eigenvalue weighted by Crippen LogP contribution is 2.21. The molecule has 0 aliphatic rings. The fraction of sp³-hybridized carbons (Fsp3) is 0.231. The van der Waals surface area contributed by atoms with Crippen molar-refractivity contribution in [3.05, 3.63) is 46.2 Å². The lowest BCUT2D eigenvalue weighted by molar-refractivity contribution is 0.0688. The van der Waals surface area contributed by atoms with Gasteiger partial charge in [-0.15, -0.1) is 0 Å². The zero-order chi connectivity index (χ0) is 13.8. The van der Waals surface area contributed by atoms with Gasteiger partial charge in [0.25, 0.3) is 0 Å². The first-order valence-corrected chi connectivity index (χ1v) is 6.60. The maximum absolute atomic E-state index is 11.2. The number of benzene rings is 1. The molecule has 0 atom stereocenters. The Morgan fingerprint density at radius 2 is 2.11 bits per heavy atom. The molecule has 100 valence electrons. The molecule has 1 aromatic carbocycles. The second-order valence-electron chi connectivity index (χ2n) is 4.03. The Hall–Kier alpha value is -1.66. The zero-order valence-electron chi connectivity index (χ0n) is 10.1. The van der Waals surface area contributed by atoms with Crippen LogP contribution in [0, 0.1) is 0 Å². The van der Waals surface area contributed by atoms with Gasteiger partial charge in [0.15, 0.2) is 5.69 Å². The number of aliphatic hydroxyl groups is 1. The first-order valence-electron chi connectivity index (χ1n) is 5.81. The van der Waals surface area contributed by atoms with Crippen LogP contribution < -0.4 is 0 Å². The van der Waals surface area contributed by atoms with E-state index in [1.165, 1.54) is 0 Å². The van der Waals surface area contributed by atoms with Gasteiger partial charge in [-0.2, -0.15) is 5.10 Å². The summed E-state index contributed by atoms with van der Waals surface area (Å²) in [6.07, 6.45) is 2.70. The van der Waals surface area contributed by atoms with E-state index in [1.54, 1.807) is 10.9 Å². The SMILES string of the molecule is O=C(O)c1nn(-c2ccccc2Br)cc1CCCO. The summed E-state index contributed by atoms with van der Waals surface area (Å²) in [5, 5.41) is 22.1. The summed E-state index contributed by atoms with van der Waals surface area (Å²) in [6.45, 7) is 0.0271. The summed E-state index contributed by atoms with van der Waals surface area (Å²) < 4.78 is 2.38. The number of para-hydroxylation sites is 1. The molecule has 2 rings (SSSR count). The fourth-order valence-electron chi connectivity index (χ4n) is 1.80. The Balaban J connectivity index is 2.43. The predicted molar refractivity (Wildman–Crippen MR) is 73.6 cm³/mol. The Morgan fingerprint density at radius 3 is 2.74 bits per heavy atom. The quantitative estimate of drug-likeness (QED) is 0.884. The number of carboxylic acid groups (broad SMARTS) is 1. The summed E-state index contributed by atoms with van der Waals surface area (Å²) in [4.78, 5) is 11.2. The summed E-state index contributed by atoms with van der Waals surface area (Å²) in [5.41, 5.74) is 1.43. The van der Waals surface area contributed by atoms with E-state index in [1.807, 2.05) is 24.3 Å². The number of aryl methyl sites for hydroxylation is 1. The number of hydrogen-bond donors (Lipinski definition) is 2. The molecule has 0 radical (unpaired) electrons. The molecule has 0 amide bonds. The smallest absolute Gasteiger partial charge is 0.356 e. The van der Waals surface area contributed by atoms with Gasteiger partial charge < -0.3 is 10.2 Å². The van der Waals surface area contributed by atoms with Crippen molar-refractivity contribution in [2.24, 2.45) is 0 Å². The number of hydrogen-bond acceptors (Lipinski definition) is 3. The minimum atomic E-state index is -1.06. The van der Waals surface area contributed by atoms with E-state index in [0.29, 0.717) is 18.4 Å². The lowest BCUT2D eigenvalue weighted by atomic mass is 10.1. The van der Waals surface area contributed by atoms with Gasteiger partial charge in [-0.05, 0) is 40.9 Å². The van der Waals surface area contributed by atoms with Crippen molar-refractivity contribution in [3.8, 4) is 5.69 Å². The number of carbonyl (C=O) groups is 1. The molecule has 0 saturated heterocycles. The van der Waals surface area contributed by atoms with Crippen LogP contribution in [0.1, 0.15) is 22.5 Å². The van der Waals surface area contributed by atoms with Crippen LogP contribution in [0.25, 0.3) is 5.69 Å². The molecule has 6 heteroatoms. The highest BCUT2D eigenvalue weighted by molar-refractivity contribution is 9.10. The number of nitrogens with zero attached hydrogens (tertiary/aromatic N) is 2. The van der Waals surface area contributed by atoms with Gasteiger partial charge in [-0.3, -0.25) is 0 Å². The van der Waals surface area contributed by atoms with Crippen molar-refractivity contribution in [1.29, 1.82) is 0 Å². The third kappa shape index (κ3) is 3.02. The molecule has 1 heterocycles. The molecule has 0 bridgehead atoms. The normalized spacial score (nSPS) is 10.6. The van der Waals surface area contributed by atoms with E-state index in [4.69, 9.17) is 10.2 Å². The highest BCUT2D eigenvalue weighted by atomic mass is 79.9. The monoisotopic (exact) mass is 324 g/mol. The van der Waals surface area contributed by atoms with Gasteiger partial charge in [0.1, 0.15) is 0 Å². The first kappa shape index (κ1) is 13.8. The Morgan fingerprint density at radius 1 is 1.37 bits per heavy atom. The Labute approximate surface area is 118 Å². The molecule has 0 aliphatic carbocycles. The molecule has 2 N–H and O–H groups in total. The highest BCUT2D eigenvalue weighted by Gasteiger charge is 2.16. The van der Waals surface area contributed by atoms with Crippen molar-refractivity contribution in [1.82, 2.24) is 9.78 Å². The summed E-state index contributed by atoms with van der Waals surface area (Å²) >= 11 is 3.41. The van der Waals surface area contributed by atoms with Crippen molar-refractivity contribution < 1.29 is 15.0 Å². The summed E-state index contributed by atoms with van der Waals surface area (Å²) in [6, 6.07) is 7.45. The molecule has 2 aromatic rings. The standard InChI is InChI=1S/C13H13BrN2O3/c14-10-5-1-2-6-11(10)16-8-9(4-3-7-17)12(15-16)13(18)19/h1-2,5-6,8,17H,3-4,7H2,(H,18,19). The van der Waals surface area contributed by atoms with Gasteiger partial charge in [-0.1, -0.05) is 12.1 Å². The Bertz CT molecular complexity index is 595. The van der Waals surface area contributed by atoms with Crippen LogP contribution in [0.15, 0.2) is 34.9 Å². The van der Waals surface area contributed by atoms with Crippen LogP contribution in [0.2, 0.25) is 0 Å². The van der Waals surface area contributed by atoms with Crippen LogP contribution in [0.4, 0.5) is 0 Å². The molecular weight excluding hydrogens is 312 g/mol. The van der Waals surface area contributed by atoms with Crippen molar-refractivity contribution in [3.63, 3.8) is 0 Å². The van der Waals surface area contributed by atoms with Crippen LogP contribution in [-0.2, 0) is 6.42 Å². The lowest BCUT2D eigenvalue weighted by Crippen LogP contribution is -2.03. The van der Waals surface area contributed by atoms with Crippen molar-refractivity contribution >= 4 is 21.9 Å². The number of aromatic nitrogens is 2. The minimum Gasteiger partial charge on any atom is -0.476 e. The van der Waals surface area contributed by atoms with Crippen molar-refractivity contribution in [2.45, 2.75) is 12.8 Å². The molecule has 0 aliphatic heterocycles. The van der Waals surface area contributed by atoms with Gasteiger partial charge in [0.2, 0.25) is 0 Å². The zero-order valence-corrected chi connectivity index (χ0v) is 11.7. The molecule has 19 heavy (non-hydrogen) atoms. The number of carboxylic acids is 1. The number of halogens is 1. The molecule has 5 nitrogen and oxygen atoms in total. The van der Waals surface area contributed by atoms with Crippen LogP contribution in [0.5, 0.6) is 0 Å². The van der Waals surface area contributed by atoms with Gasteiger partial charge >= 0.3 is 5.97 Å². The molecule has 1 aromatic heterocycles. The number of rotatable bonds is 5. The minimum absolute atomic E-state index is 0.0271. The summed E-state index contributed by atoms with van der Waals surface area (Å²) in [7, 11) is 0. The van der Waals surface area contributed by atoms with Crippen LogP contribution in [-0.4, -0.2) is 32.6 Å². The van der Waals surface area contributed by atoms with E-state index in [2.05, 4.69) is 21.0 Å². The van der Waals surface area contributed by atoms with Crippen LogP contribution in [0.3, 0.4) is 0 Å². The summed E-state index contributed by atoms with van der Waals surface area (Å²) in [5.74, 6) is -1.06. The number of aliphatic hydroxyl groups excluding tert-OH is 1. The van der Waals surface area contributed by atoms with Crippen LogP contribution >= 0.6 is 15.9 Å². The number of aromatic carboxylic acids is 1. The third-order valence-corrected chi connectivity index (χ3v) is 3.37. The first-order chi connectivity index (χ1) is 9.13. The van der Waals surface area contributed by atoms with E-state index in [9.17, 15) is 4.79 Å². The molecule has 0 fully saturated rings. The van der Waals surface area contributed by atoms with E-state index in [-0.39, 0.29) is 12.3 Å². The van der Waals surface area contributed by atoms with E-state index < -0.39 is 5.97 Å².